The smallest absolute Gasteiger partial charge is 0.166 e. The summed E-state index contributed by atoms with van der Waals surface area (Å²) in [4.78, 5) is 15.7. The lowest BCUT2D eigenvalue weighted by Crippen LogP contribution is -2.43. The summed E-state index contributed by atoms with van der Waals surface area (Å²) in [6.45, 7) is 0. The fourth-order valence-electron chi connectivity index (χ4n) is 2.42. The van der Waals surface area contributed by atoms with Crippen molar-refractivity contribution in [1.29, 1.82) is 0 Å². The molecule has 3 nitrogen and oxygen atoms in total. The Morgan fingerprint density at radius 2 is 2.06 bits per heavy atom. The van der Waals surface area contributed by atoms with Crippen LogP contribution in [-0.2, 0) is 0 Å². The van der Waals surface area contributed by atoms with E-state index < -0.39 is 11.4 Å². The average molecular weight is 236 g/mol. The number of nitrogens with zero attached hydrogens (tertiary/aromatic N) is 1. The Hall–Kier alpha value is -1.29. The Bertz CT molecular complexity index is 414. The molecule has 92 valence electrons. The highest BCUT2D eigenvalue weighted by Crippen LogP contribution is 2.29. The summed E-state index contributed by atoms with van der Waals surface area (Å²) in [5, 5.41) is 0. The molecule has 0 aliphatic heterocycles. The van der Waals surface area contributed by atoms with Crippen molar-refractivity contribution < 1.29 is 9.18 Å². The van der Waals surface area contributed by atoms with Gasteiger partial charge in [0.05, 0.1) is 6.20 Å². The molecule has 0 spiro atoms. The number of nitrogens with two attached hydrogens (primary N) is 1. The van der Waals surface area contributed by atoms with E-state index in [1.165, 1.54) is 18.7 Å². The quantitative estimate of drug-likeness (QED) is 0.820. The first kappa shape index (κ1) is 12.2. The minimum Gasteiger partial charge on any atom is -0.325 e. The summed E-state index contributed by atoms with van der Waals surface area (Å²) in [6.07, 6.45) is 7.87. The van der Waals surface area contributed by atoms with Crippen LogP contribution in [0.25, 0.3) is 0 Å². The normalized spacial score (nSPS) is 18.9. The van der Waals surface area contributed by atoms with Crippen LogP contribution in [0.5, 0.6) is 0 Å². The molecule has 1 saturated carbocycles. The third-order valence-corrected chi connectivity index (χ3v) is 3.39. The van der Waals surface area contributed by atoms with Crippen LogP contribution in [0.1, 0.15) is 48.9 Å². The topological polar surface area (TPSA) is 56.0 Å². The Morgan fingerprint density at radius 3 is 2.71 bits per heavy atom. The molecule has 1 fully saturated rings. The zero-order valence-electron chi connectivity index (χ0n) is 9.79. The molecular formula is C13H17FN2O. The molecule has 1 aromatic rings. The van der Waals surface area contributed by atoms with Crippen molar-refractivity contribution in [3.8, 4) is 0 Å². The molecule has 1 heterocycles. The number of aromatic nitrogens is 1. The van der Waals surface area contributed by atoms with Crippen LogP contribution in [0, 0.1) is 5.82 Å². The Morgan fingerprint density at radius 1 is 1.35 bits per heavy atom. The summed E-state index contributed by atoms with van der Waals surface area (Å²) in [7, 11) is 0. The number of Topliss-reactive ketones (excluding diaryl/α,β-unsaturated/α-hetero) is 1. The van der Waals surface area contributed by atoms with Gasteiger partial charge in [-0.15, -0.1) is 0 Å². The monoisotopic (exact) mass is 236 g/mol. The molecule has 17 heavy (non-hydrogen) atoms. The summed E-state index contributed by atoms with van der Waals surface area (Å²) < 4.78 is 13.0. The maximum Gasteiger partial charge on any atom is 0.166 e. The number of carbonyl (C=O) groups excluding carboxylic acids is 1. The van der Waals surface area contributed by atoms with E-state index in [1.54, 1.807) is 0 Å². The maximum atomic E-state index is 13.0. The molecule has 0 amide bonds. The lowest BCUT2D eigenvalue weighted by atomic mass is 9.78. The number of carbonyl (C=O) groups is 1. The molecule has 2 N–H and O–H groups in total. The van der Waals surface area contributed by atoms with Crippen LogP contribution in [0.3, 0.4) is 0 Å². The van der Waals surface area contributed by atoms with Gasteiger partial charge in [0.15, 0.2) is 5.78 Å². The molecule has 0 atom stereocenters. The van der Waals surface area contributed by atoms with Crippen molar-refractivity contribution in [2.45, 2.75) is 44.1 Å². The zero-order valence-corrected chi connectivity index (χ0v) is 9.79. The first-order valence-corrected chi connectivity index (χ1v) is 6.02. The average Bonchev–Trinajstić information content (AvgIpc) is 2.29. The first-order chi connectivity index (χ1) is 8.09. The van der Waals surface area contributed by atoms with Gasteiger partial charge >= 0.3 is 0 Å². The summed E-state index contributed by atoms with van der Waals surface area (Å²) in [5.41, 5.74) is 6.12. The molecule has 0 unspecified atom stereocenters. The molecule has 1 aliphatic carbocycles. The molecule has 0 bridgehead atoms. The Kier molecular flexibility index (Phi) is 3.52. The lowest BCUT2D eigenvalue weighted by molar-refractivity contribution is 0.0934. The SMILES string of the molecule is NC1(CC(=O)c2cncc(F)c2)CCCCC1. The van der Waals surface area contributed by atoms with Gasteiger partial charge in [0.25, 0.3) is 0 Å². The van der Waals surface area contributed by atoms with E-state index in [-0.39, 0.29) is 12.2 Å². The number of ketones is 1. The van der Waals surface area contributed by atoms with Crippen molar-refractivity contribution in [2.75, 3.05) is 0 Å². The highest BCUT2D eigenvalue weighted by molar-refractivity contribution is 5.96. The van der Waals surface area contributed by atoms with Gasteiger partial charge in [-0.1, -0.05) is 19.3 Å². The van der Waals surface area contributed by atoms with Crippen LogP contribution in [-0.4, -0.2) is 16.3 Å². The van der Waals surface area contributed by atoms with Crippen molar-refractivity contribution in [1.82, 2.24) is 4.98 Å². The minimum absolute atomic E-state index is 0.110. The van der Waals surface area contributed by atoms with Crippen LogP contribution in [0.4, 0.5) is 4.39 Å². The predicted octanol–water partition coefficient (Wildman–Crippen LogP) is 2.46. The molecule has 4 heteroatoms. The van der Waals surface area contributed by atoms with Crippen molar-refractivity contribution >= 4 is 5.78 Å². The molecule has 0 aromatic carbocycles. The van der Waals surface area contributed by atoms with E-state index in [9.17, 15) is 9.18 Å². The summed E-state index contributed by atoms with van der Waals surface area (Å²) in [5.74, 6) is -0.591. The number of pyridine rings is 1. The zero-order chi connectivity index (χ0) is 12.3. The van der Waals surface area contributed by atoms with Gasteiger partial charge in [-0.3, -0.25) is 9.78 Å². The van der Waals surface area contributed by atoms with E-state index in [4.69, 9.17) is 5.73 Å². The second kappa shape index (κ2) is 4.92. The fraction of sp³-hybridized carbons (Fsp3) is 0.538. The van der Waals surface area contributed by atoms with Gasteiger partial charge in [0.2, 0.25) is 0 Å². The number of hydrogen-bond donors (Lipinski definition) is 1. The van der Waals surface area contributed by atoms with Gasteiger partial charge in [-0.05, 0) is 18.9 Å². The Balaban J connectivity index is 2.06. The second-order valence-corrected chi connectivity index (χ2v) is 4.91. The third kappa shape index (κ3) is 3.09. The largest absolute Gasteiger partial charge is 0.325 e. The van der Waals surface area contributed by atoms with E-state index in [1.807, 2.05) is 0 Å². The van der Waals surface area contributed by atoms with Gasteiger partial charge in [-0.2, -0.15) is 0 Å². The van der Waals surface area contributed by atoms with Crippen LogP contribution in [0.2, 0.25) is 0 Å². The Labute approximate surface area is 100 Å². The van der Waals surface area contributed by atoms with Gasteiger partial charge in [0, 0.05) is 23.7 Å². The van der Waals surface area contributed by atoms with Gasteiger partial charge in [-0.25, -0.2) is 4.39 Å². The third-order valence-electron chi connectivity index (χ3n) is 3.39. The van der Waals surface area contributed by atoms with Crippen molar-refractivity contribution in [3.63, 3.8) is 0 Å². The predicted molar refractivity (Wildman–Crippen MR) is 63.1 cm³/mol. The van der Waals surface area contributed by atoms with Crippen molar-refractivity contribution in [3.05, 3.63) is 29.8 Å². The molecule has 1 aromatic heterocycles. The summed E-state index contributed by atoms with van der Waals surface area (Å²) in [6, 6.07) is 1.22. The van der Waals surface area contributed by atoms with Crippen LogP contribution < -0.4 is 5.73 Å². The van der Waals surface area contributed by atoms with Gasteiger partial charge < -0.3 is 5.73 Å². The van der Waals surface area contributed by atoms with E-state index in [0.717, 1.165) is 31.9 Å². The number of hydrogen-bond acceptors (Lipinski definition) is 3. The molecule has 0 radical (unpaired) electrons. The highest BCUT2D eigenvalue weighted by Gasteiger charge is 2.30. The van der Waals surface area contributed by atoms with E-state index in [0.29, 0.717) is 5.56 Å². The van der Waals surface area contributed by atoms with Gasteiger partial charge in [0.1, 0.15) is 5.82 Å². The first-order valence-electron chi connectivity index (χ1n) is 6.02. The molecule has 2 rings (SSSR count). The number of rotatable bonds is 3. The van der Waals surface area contributed by atoms with Crippen LogP contribution in [0.15, 0.2) is 18.5 Å². The maximum absolute atomic E-state index is 13.0. The standard InChI is InChI=1S/C13H17FN2O/c14-11-6-10(8-16-9-11)12(17)7-13(15)4-2-1-3-5-13/h6,8-9H,1-5,7,15H2. The van der Waals surface area contributed by atoms with E-state index in [2.05, 4.69) is 4.98 Å². The summed E-state index contributed by atoms with van der Waals surface area (Å²) >= 11 is 0. The van der Waals surface area contributed by atoms with E-state index >= 15 is 0 Å². The van der Waals surface area contributed by atoms with Crippen LogP contribution >= 0.6 is 0 Å². The molecular weight excluding hydrogens is 219 g/mol. The molecule has 1 aliphatic rings. The second-order valence-electron chi connectivity index (χ2n) is 4.91. The van der Waals surface area contributed by atoms with Crippen molar-refractivity contribution in [2.24, 2.45) is 5.73 Å². The lowest BCUT2D eigenvalue weighted by Gasteiger charge is -2.32. The fourth-order valence-corrected chi connectivity index (χ4v) is 2.42. The highest BCUT2D eigenvalue weighted by atomic mass is 19.1. The number of halogens is 1. The molecule has 0 saturated heterocycles. The minimum atomic E-state index is -0.481.